The fourth-order valence-corrected chi connectivity index (χ4v) is 2.32. The Labute approximate surface area is 81.0 Å². The van der Waals surface area contributed by atoms with Gasteiger partial charge in [-0.1, -0.05) is 11.3 Å². The number of aromatic nitrogens is 2. The second kappa shape index (κ2) is 4.28. The van der Waals surface area contributed by atoms with Crippen LogP contribution in [-0.4, -0.2) is 33.1 Å². The number of hydrogen-bond donors (Lipinski definition) is 2. The first kappa shape index (κ1) is 10.1. The van der Waals surface area contributed by atoms with Gasteiger partial charge in [-0.3, -0.25) is 9.00 Å². The van der Waals surface area contributed by atoms with Crippen molar-refractivity contribution in [3.63, 3.8) is 0 Å². The Hall–Kier alpha value is -1.02. The molecular formula is C5H8N4O2S2. The summed E-state index contributed by atoms with van der Waals surface area (Å²) in [7, 11) is 0.218. The van der Waals surface area contributed by atoms with Crippen LogP contribution in [0.2, 0.25) is 0 Å². The highest BCUT2D eigenvalue weighted by molar-refractivity contribution is 7.87. The summed E-state index contributed by atoms with van der Waals surface area (Å²) < 4.78 is 11.6. The number of carbonyl (C=O) groups excluding carboxylic acids is 1. The van der Waals surface area contributed by atoms with Crippen LogP contribution in [0.5, 0.6) is 0 Å². The van der Waals surface area contributed by atoms with Crippen LogP contribution in [0.4, 0.5) is 5.13 Å². The minimum absolute atomic E-state index is 0.210. The second-order valence-electron chi connectivity index (χ2n) is 2.08. The topological polar surface area (TPSA) is 98.0 Å². The van der Waals surface area contributed by atoms with Crippen molar-refractivity contribution in [1.82, 2.24) is 10.2 Å². The largest absolute Gasteiger partial charge is 0.369 e. The molecule has 0 radical (unpaired) electrons. The zero-order chi connectivity index (χ0) is 9.84. The Kier molecular flexibility index (Phi) is 3.32. The maximum absolute atomic E-state index is 11.3. The molecular weight excluding hydrogens is 212 g/mol. The summed E-state index contributed by atoms with van der Waals surface area (Å²) in [5.41, 5.74) is 4.88. The first-order valence-electron chi connectivity index (χ1n) is 3.31. The molecule has 3 N–H and O–H groups in total. The molecule has 1 aromatic rings. The number of carbonyl (C=O) groups is 1. The quantitative estimate of drug-likeness (QED) is 0.690. The fraction of sp³-hybridized carbons (Fsp3) is 0.400. The van der Waals surface area contributed by atoms with E-state index in [1.807, 2.05) is 0 Å². The van der Waals surface area contributed by atoms with E-state index in [1.165, 1.54) is 0 Å². The highest BCUT2D eigenvalue weighted by Crippen LogP contribution is 2.17. The standard InChI is InChI=1S/C5H8N4O2S2/c1-7-4-8-9-5(12-4)13(11)2-3(6)10/h2H2,1H3,(H2,6,10)(H,7,8). The molecule has 1 atom stereocenters. The third-order valence-corrected chi connectivity index (χ3v) is 3.65. The number of nitrogens with zero attached hydrogens (tertiary/aromatic N) is 2. The van der Waals surface area contributed by atoms with Crippen LogP contribution >= 0.6 is 11.3 Å². The van der Waals surface area contributed by atoms with Gasteiger partial charge >= 0.3 is 0 Å². The predicted octanol–water partition coefficient (Wildman–Crippen LogP) is -0.827. The Morgan fingerprint density at radius 2 is 2.38 bits per heavy atom. The van der Waals surface area contributed by atoms with Gasteiger partial charge in [-0.2, -0.15) is 0 Å². The summed E-state index contributed by atoms with van der Waals surface area (Å²) in [6.07, 6.45) is 0. The summed E-state index contributed by atoms with van der Waals surface area (Å²) in [5, 5.41) is 10.6. The number of nitrogens with one attached hydrogen (secondary N) is 1. The minimum Gasteiger partial charge on any atom is -0.369 e. The highest BCUT2D eigenvalue weighted by Gasteiger charge is 2.12. The van der Waals surface area contributed by atoms with Gasteiger partial charge in [-0.05, 0) is 0 Å². The molecule has 0 bridgehead atoms. The first-order valence-corrected chi connectivity index (χ1v) is 5.45. The number of nitrogens with two attached hydrogens (primary N) is 1. The normalized spacial score (nSPS) is 12.4. The Morgan fingerprint density at radius 3 is 2.85 bits per heavy atom. The Bertz CT molecular complexity index is 337. The van der Waals surface area contributed by atoms with Crippen molar-refractivity contribution in [2.75, 3.05) is 18.1 Å². The molecule has 0 aromatic carbocycles. The third-order valence-electron chi connectivity index (χ3n) is 1.09. The van der Waals surface area contributed by atoms with E-state index in [0.29, 0.717) is 9.47 Å². The molecule has 6 nitrogen and oxygen atoms in total. The van der Waals surface area contributed by atoms with E-state index in [4.69, 9.17) is 5.73 Å². The van der Waals surface area contributed by atoms with Gasteiger partial charge in [0.05, 0.1) is 10.8 Å². The molecule has 0 aliphatic heterocycles. The van der Waals surface area contributed by atoms with Crippen LogP contribution in [0.25, 0.3) is 0 Å². The van der Waals surface area contributed by atoms with Gasteiger partial charge in [0, 0.05) is 7.05 Å². The Morgan fingerprint density at radius 1 is 1.69 bits per heavy atom. The Balaban J connectivity index is 2.71. The van der Waals surface area contributed by atoms with Crippen molar-refractivity contribution < 1.29 is 9.00 Å². The number of amides is 1. The lowest BCUT2D eigenvalue weighted by atomic mass is 10.8. The molecule has 0 saturated carbocycles. The minimum atomic E-state index is -1.46. The molecule has 1 aromatic heterocycles. The maximum atomic E-state index is 11.3. The number of rotatable bonds is 4. The van der Waals surface area contributed by atoms with Crippen LogP contribution in [0.1, 0.15) is 0 Å². The van der Waals surface area contributed by atoms with E-state index in [1.54, 1.807) is 7.05 Å². The van der Waals surface area contributed by atoms with Crippen LogP contribution in [0.3, 0.4) is 0 Å². The average Bonchev–Trinajstić information content (AvgIpc) is 2.50. The summed E-state index contributed by atoms with van der Waals surface area (Å²) in [6.45, 7) is 0. The summed E-state index contributed by atoms with van der Waals surface area (Å²) in [5.74, 6) is -0.822. The highest BCUT2D eigenvalue weighted by atomic mass is 32.2. The molecule has 0 aliphatic rings. The summed E-state index contributed by atoms with van der Waals surface area (Å²) in [6, 6.07) is 0. The van der Waals surface area contributed by atoms with Gasteiger partial charge < -0.3 is 11.1 Å². The van der Waals surface area contributed by atoms with E-state index in [2.05, 4.69) is 15.5 Å². The zero-order valence-corrected chi connectivity index (χ0v) is 8.44. The molecule has 1 unspecified atom stereocenters. The summed E-state index contributed by atoms with van der Waals surface area (Å²) >= 11 is 1.14. The number of primary amides is 1. The predicted molar refractivity (Wildman–Crippen MR) is 49.9 cm³/mol. The van der Waals surface area contributed by atoms with Crippen LogP contribution in [0.15, 0.2) is 4.34 Å². The molecule has 0 saturated heterocycles. The lowest BCUT2D eigenvalue weighted by Gasteiger charge is -1.90. The van der Waals surface area contributed by atoms with E-state index >= 15 is 0 Å². The maximum Gasteiger partial charge on any atom is 0.230 e. The van der Waals surface area contributed by atoms with Gasteiger partial charge in [0.15, 0.2) is 0 Å². The molecule has 13 heavy (non-hydrogen) atoms. The van der Waals surface area contributed by atoms with Crippen molar-refractivity contribution in [3.05, 3.63) is 0 Å². The van der Waals surface area contributed by atoms with Crippen molar-refractivity contribution in [2.24, 2.45) is 5.73 Å². The average molecular weight is 220 g/mol. The van der Waals surface area contributed by atoms with Crippen LogP contribution in [-0.2, 0) is 15.6 Å². The first-order chi connectivity index (χ1) is 6.13. The van der Waals surface area contributed by atoms with Crippen molar-refractivity contribution in [2.45, 2.75) is 4.34 Å². The van der Waals surface area contributed by atoms with E-state index in [-0.39, 0.29) is 5.75 Å². The SMILES string of the molecule is CNc1nnc(S(=O)CC(N)=O)s1. The third kappa shape index (κ3) is 2.74. The fourth-order valence-electron chi connectivity index (χ4n) is 0.594. The number of hydrogen-bond acceptors (Lipinski definition) is 6. The van der Waals surface area contributed by atoms with Crippen molar-refractivity contribution in [3.8, 4) is 0 Å². The lowest BCUT2D eigenvalue weighted by molar-refractivity contribution is -0.115. The van der Waals surface area contributed by atoms with Crippen LogP contribution < -0.4 is 11.1 Å². The van der Waals surface area contributed by atoms with E-state index in [0.717, 1.165) is 11.3 Å². The van der Waals surface area contributed by atoms with Gasteiger partial charge in [0.25, 0.3) is 0 Å². The van der Waals surface area contributed by atoms with E-state index in [9.17, 15) is 9.00 Å². The molecule has 1 rings (SSSR count). The van der Waals surface area contributed by atoms with Gasteiger partial charge in [-0.15, -0.1) is 10.2 Å². The smallest absolute Gasteiger partial charge is 0.230 e. The van der Waals surface area contributed by atoms with Crippen LogP contribution in [0, 0.1) is 0 Å². The second-order valence-corrected chi connectivity index (χ2v) is 4.68. The van der Waals surface area contributed by atoms with Gasteiger partial charge in [0.1, 0.15) is 5.75 Å². The zero-order valence-electron chi connectivity index (χ0n) is 6.81. The number of anilines is 1. The molecule has 72 valence electrons. The monoisotopic (exact) mass is 220 g/mol. The molecule has 8 heteroatoms. The molecule has 0 aliphatic carbocycles. The van der Waals surface area contributed by atoms with Gasteiger partial charge in [-0.25, -0.2) is 0 Å². The molecule has 1 heterocycles. The molecule has 1 amide bonds. The van der Waals surface area contributed by atoms with Gasteiger partial charge in [0.2, 0.25) is 15.4 Å². The summed E-state index contributed by atoms with van der Waals surface area (Å²) in [4.78, 5) is 10.4. The molecule has 0 fully saturated rings. The lowest BCUT2D eigenvalue weighted by Crippen LogP contribution is -2.19. The molecule has 0 spiro atoms. The van der Waals surface area contributed by atoms with Crippen molar-refractivity contribution in [1.29, 1.82) is 0 Å². The van der Waals surface area contributed by atoms with E-state index < -0.39 is 16.7 Å². The van der Waals surface area contributed by atoms with Crippen molar-refractivity contribution >= 4 is 33.2 Å².